The molecule has 9 nitrogen and oxygen atoms in total. The molecule has 0 aromatic heterocycles. The van der Waals surface area contributed by atoms with Crippen LogP contribution in [0, 0.1) is 41.2 Å². The molecule has 3 aliphatic rings. The van der Waals surface area contributed by atoms with Crippen LogP contribution in [0.4, 0.5) is 17.1 Å². The normalized spacial score (nSPS) is 26.9. The summed E-state index contributed by atoms with van der Waals surface area (Å²) >= 11 is 0. The Morgan fingerprint density at radius 3 is 2.17 bits per heavy atom. The van der Waals surface area contributed by atoms with E-state index in [1.54, 1.807) is 38.2 Å². The van der Waals surface area contributed by atoms with Crippen molar-refractivity contribution in [1.82, 2.24) is 0 Å². The van der Waals surface area contributed by atoms with E-state index in [4.69, 9.17) is 0 Å². The van der Waals surface area contributed by atoms with Crippen molar-refractivity contribution in [2.75, 3.05) is 16.8 Å². The number of nitro groups is 1. The van der Waals surface area contributed by atoms with Gasteiger partial charge in [0.05, 0.1) is 21.9 Å². The van der Waals surface area contributed by atoms with Gasteiger partial charge in [0.25, 0.3) is 5.69 Å². The van der Waals surface area contributed by atoms with E-state index in [0.29, 0.717) is 16.9 Å². The first-order chi connectivity index (χ1) is 19.0. The maximum atomic E-state index is 14.6. The number of hydrogen-bond acceptors (Lipinski definition) is 6. The lowest BCUT2D eigenvalue weighted by molar-refractivity contribution is -0.384. The van der Waals surface area contributed by atoms with Crippen LogP contribution in [-0.2, 0) is 19.8 Å². The molecule has 0 bridgehead atoms. The molecule has 0 radical (unpaired) electrons. The highest BCUT2D eigenvalue weighted by atomic mass is 16.6. The number of rotatable bonds is 4. The second-order valence-electron chi connectivity index (χ2n) is 11.1. The number of carbonyl (C=O) groups excluding carboxylic acids is 4. The summed E-state index contributed by atoms with van der Waals surface area (Å²) in [6.45, 7) is 5.32. The van der Waals surface area contributed by atoms with Gasteiger partial charge in [-0.15, -0.1) is 0 Å². The number of likely N-dealkylation sites (N-methyl/N-ethyl adjacent to an activating group) is 1. The predicted molar refractivity (Wildman–Crippen MR) is 147 cm³/mol. The number of carbonyl (C=O) groups is 4. The Morgan fingerprint density at radius 1 is 0.925 bits per heavy atom. The number of benzene rings is 3. The third-order valence-corrected chi connectivity index (χ3v) is 9.35. The first kappa shape index (κ1) is 25.6. The van der Waals surface area contributed by atoms with Crippen LogP contribution in [0.2, 0.25) is 0 Å². The van der Waals surface area contributed by atoms with Gasteiger partial charge in [0, 0.05) is 36.3 Å². The molecule has 202 valence electrons. The van der Waals surface area contributed by atoms with Gasteiger partial charge in [0.15, 0.2) is 5.78 Å². The molecular formula is C31H27N3O6. The second kappa shape index (κ2) is 8.42. The average Bonchev–Trinajstić information content (AvgIpc) is 3.42. The highest BCUT2D eigenvalue weighted by Crippen LogP contribution is 2.68. The first-order valence-electron chi connectivity index (χ1n) is 13.1. The van der Waals surface area contributed by atoms with Crippen LogP contribution in [0.15, 0.2) is 66.7 Å². The predicted octanol–water partition coefficient (Wildman–Crippen LogP) is 4.52. The van der Waals surface area contributed by atoms with Crippen LogP contribution in [0.1, 0.15) is 40.4 Å². The number of anilines is 2. The number of Topliss-reactive ketones (excluding diaryl/α,β-unsaturated/α-hetero) is 1. The van der Waals surface area contributed by atoms with Crippen molar-refractivity contribution < 1.29 is 24.1 Å². The minimum atomic E-state index is -1.64. The van der Waals surface area contributed by atoms with E-state index < -0.39 is 51.1 Å². The number of ketones is 1. The van der Waals surface area contributed by atoms with E-state index in [1.165, 1.54) is 34.1 Å². The molecule has 2 fully saturated rings. The highest BCUT2D eigenvalue weighted by molar-refractivity contribution is 6.29. The van der Waals surface area contributed by atoms with Gasteiger partial charge in [-0.05, 0) is 62.1 Å². The summed E-state index contributed by atoms with van der Waals surface area (Å²) < 4.78 is 0. The van der Waals surface area contributed by atoms with Crippen molar-refractivity contribution in [3.63, 3.8) is 0 Å². The summed E-state index contributed by atoms with van der Waals surface area (Å²) in [7, 11) is 1.62. The smallest absolute Gasteiger partial charge is 0.269 e. The van der Waals surface area contributed by atoms with Crippen LogP contribution in [-0.4, -0.2) is 35.5 Å². The summed E-state index contributed by atoms with van der Waals surface area (Å²) in [4.78, 5) is 70.8. The number of nitrogens with zero attached hydrogens (tertiary/aromatic N) is 3. The molecule has 1 spiro atoms. The van der Waals surface area contributed by atoms with Crippen LogP contribution in [0.3, 0.4) is 0 Å². The number of nitro benzene ring substituents is 1. The van der Waals surface area contributed by atoms with Crippen molar-refractivity contribution in [1.29, 1.82) is 0 Å². The van der Waals surface area contributed by atoms with E-state index in [1.807, 2.05) is 32.0 Å². The summed E-state index contributed by atoms with van der Waals surface area (Å²) in [5.41, 5.74) is -0.0191. The van der Waals surface area contributed by atoms with Crippen molar-refractivity contribution >= 4 is 40.6 Å². The van der Waals surface area contributed by atoms with Gasteiger partial charge in [-0.2, -0.15) is 0 Å². The van der Waals surface area contributed by atoms with Gasteiger partial charge < -0.3 is 4.90 Å². The molecule has 3 aromatic rings. The fraction of sp³-hybridized carbons (Fsp3) is 0.290. The van der Waals surface area contributed by atoms with Gasteiger partial charge in [0.2, 0.25) is 17.7 Å². The fourth-order valence-corrected chi connectivity index (χ4v) is 7.49. The van der Waals surface area contributed by atoms with Crippen molar-refractivity contribution in [2.24, 2.45) is 17.3 Å². The van der Waals surface area contributed by atoms with Crippen LogP contribution in [0.25, 0.3) is 0 Å². The number of non-ortho nitro benzene ring substituents is 1. The molecule has 1 saturated heterocycles. The van der Waals surface area contributed by atoms with Gasteiger partial charge in [0.1, 0.15) is 5.41 Å². The summed E-state index contributed by atoms with van der Waals surface area (Å²) in [5.74, 6) is -3.72. The average molecular weight is 538 g/mol. The monoisotopic (exact) mass is 537 g/mol. The maximum absolute atomic E-state index is 14.6. The molecular weight excluding hydrogens is 510 g/mol. The largest absolute Gasteiger partial charge is 0.314 e. The standard InChI is InChI=1S/C31H27N3O6/c1-17-8-7-9-18(2)25(17)33-27(36)23-16-22(26(35)19-12-14-20(15-13-19)34(39)40)31(30(23,3)28(33)37)21-10-5-6-11-24(21)32(4)29(31)38/h5-15,22-23H,16H2,1-4H3/t22-,23+,30+,31-/m1/s1. The van der Waals surface area contributed by atoms with Gasteiger partial charge in [-0.25, -0.2) is 4.90 Å². The number of para-hydroxylation sites is 2. The van der Waals surface area contributed by atoms with Crippen LogP contribution in [0.5, 0.6) is 0 Å². The topological polar surface area (TPSA) is 118 Å². The molecule has 3 aromatic carbocycles. The Bertz CT molecular complexity index is 1640. The molecule has 40 heavy (non-hydrogen) atoms. The molecule has 2 heterocycles. The zero-order valence-electron chi connectivity index (χ0n) is 22.5. The molecule has 1 aliphatic carbocycles. The number of aryl methyl sites for hydroxylation is 2. The van der Waals surface area contributed by atoms with Crippen LogP contribution >= 0.6 is 0 Å². The molecule has 0 N–H and O–H groups in total. The SMILES string of the molecule is Cc1cccc(C)c1N1C(=O)[C@@H]2C[C@H](C(=O)c3ccc([N+](=O)[O-])cc3)[C@]3(C(=O)N(C)c4ccccc43)[C@]2(C)C1=O. The Hall–Kier alpha value is -4.66. The number of amides is 3. The van der Waals surface area contributed by atoms with Crippen molar-refractivity contribution in [3.05, 3.63) is 99.1 Å². The second-order valence-corrected chi connectivity index (χ2v) is 11.1. The molecule has 1 saturated carbocycles. The molecule has 3 amide bonds. The fourth-order valence-electron chi connectivity index (χ4n) is 7.49. The Kier molecular flexibility index (Phi) is 5.39. The molecule has 2 aliphatic heterocycles. The Labute approximate surface area is 230 Å². The van der Waals surface area contributed by atoms with E-state index in [0.717, 1.165) is 11.1 Å². The number of fused-ring (bicyclic) bond motifs is 4. The van der Waals surface area contributed by atoms with Crippen LogP contribution < -0.4 is 9.80 Å². The first-order valence-corrected chi connectivity index (χ1v) is 13.1. The Morgan fingerprint density at radius 2 is 1.55 bits per heavy atom. The zero-order chi connectivity index (χ0) is 28.7. The quantitative estimate of drug-likeness (QED) is 0.209. The minimum absolute atomic E-state index is 0.00770. The molecule has 9 heteroatoms. The van der Waals surface area contributed by atoms with Gasteiger partial charge in [-0.3, -0.25) is 29.3 Å². The summed E-state index contributed by atoms with van der Waals surface area (Å²) in [6, 6.07) is 17.8. The summed E-state index contributed by atoms with van der Waals surface area (Å²) in [5, 5.41) is 11.2. The van der Waals surface area contributed by atoms with E-state index >= 15 is 0 Å². The lowest BCUT2D eigenvalue weighted by Gasteiger charge is -2.41. The Balaban J connectivity index is 1.58. The zero-order valence-corrected chi connectivity index (χ0v) is 22.5. The highest BCUT2D eigenvalue weighted by Gasteiger charge is 2.80. The number of imide groups is 1. The van der Waals surface area contributed by atoms with E-state index in [9.17, 15) is 29.3 Å². The lowest BCUT2D eigenvalue weighted by atomic mass is 9.57. The third-order valence-electron chi connectivity index (χ3n) is 9.35. The van der Waals surface area contributed by atoms with Gasteiger partial charge >= 0.3 is 0 Å². The summed E-state index contributed by atoms with van der Waals surface area (Å²) in [6.07, 6.45) is -0.00770. The maximum Gasteiger partial charge on any atom is 0.269 e. The molecule has 6 rings (SSSR count). The third kappa shape index (κ3) is 2.92. The lowest BCUT2D eigenvalue weighted by Crippen LogP contribution is -2.57. The number of hydrogen-bond donors (Lipinski definition) is 0. The minimum Gasteiger partial charge on any atom is -0.314 e. The van der Waals surface area contributed by atoms with E-state index in [-0.39, 0.29) is 17.7 Å². The van der Waals surface area contributed by atoms with E-state index in [2.05, 4.69) is 0 Å². The molecule has 4 atom stereocenters. The van der Waals surface area contributed by atoms with Gasteiger partial charge in [-0.1, -0.05) is 36.4 Å². The molecule has 0 unspecified atom stereocenters. The van der Waals surface area contributed by atoms with Crippen molar-refractivity contribution in [3.8, 4) is 0 Å². The van der Waals surface area contributed by atoms with Crippen molar-refractivity contribution in [2.45, 2.75) is 32.6 Å².